The van der Waals surface area contributed by atoms with E-state index in [-0.39, 0.29) is 17.9 Å². The van der Waals surface area contributed by atoms with Crippen molar-refractivity contribution < 1.29 is 19.1 Å². The number of carbonyl (C=O) groups is 2. The van der Waals surface area contributed by atoms with Crippen LogP contribution in [0.3, 0.4) is 0 Å². The van der Waals surface area contributed by atoms with Crippen LogP contribution in [-0.4, -0.2) is 26.2 Å². The van der Waals surface area contributed by atoms with Gasteiger partial charge in [0.25, 0.3) is 0 Å². The van der Waals surface area contributed by atoms with Gasteiger partial charge in [-0.2, -0.15) is 0 Å². The molecule has 4 heteroatoms. The van der Waals surface area contributed by atoms with Gasteiger partial charge in [-0.15, -0.1) is 0 Å². The van der Waals surface area contributed by atoms with Crippen molar-refractivity contribution >= 4 is 11.9 Å². The van der Waals surface area contributed by atoms with Crippen molar-refractivity contribution in [2.45, 2.75) is 104 Å². The summed E-state index contributed by atoms with van der Waals surface area (Å²) in [5.74, 6) is 0.288. The average Bonchev–Trinajstić information content (AvgIpc) is 2.63. The summed E-state index contributed by atoms with van der Waals surface area (Å²) >= 11 is 0. The molecule has 0 fully saturated rings. The van der Waals surface area contributed by atoms with Crippen LogP contribution in [0.4, 0.5) is 0 Å². The van der Waals surface area contributed by atoms with Crippen LogP contribution in [0.15, 0.2) is 0 Å². The van der Waals surface area contributed by atoms with Crippen LogP contribution in [0.5, 0.6) is 0 Å². The predicted octanol–water partition coefficient (Wildman–Crippen LogP) is 6.07. The normalized spacial score (nSPS) is 12.2. The van der Waals surface area contributed by atoms with Crippen LogP contribution in [-0.2, 0) is 19.1 Å². The van der Waals surface area contributed by atoms with Crippen LogP contribution < -0.4 is 0 Å². The molecule has 0 radical (unpaired) electrons. The Morgan fingerprint density at radius 2 is 1.08 bits per heavy atom. The third kappa shape index (κ3) is 14.1. The largest absolute Gasteiger partial charge is 0.469 e. The van der Waals surface area contributed by atoms with E-state index in [1.807, 2.05) is 0 Å². The number of ether oxygens (including phenoxy) is 2. The molecular formula is C22H42O4. The van der Waals surface area contributed by atoms with Gasteiger partial charge >= 0.3 is 11.9 Å². The number of methoxy groups -OCH3 is 2. The lowest BCUT2D eigenvalue weighted by Crippen LogP contribution is -2.21. The molecule has 1 unspecified atom stereocenters. The second-order valence-corrected chi connectivity index (χ2v) is 7.73. The van der Waals surface area contributed by atoms with Crippen molar-refractivity contribution in [1.82, 2.24) is 0 Å². The van der Waals surface area contributed by atoms with E-state index in [1.54, 1.807) is 0 Å². The van der Waals surface area contributed by atoms with E-state index in [0.717, 1.165) is 25.7 Å². The standard InChI is InChI=1S/C22H42O4/c1-19(2)20(22(24)26-4)17-15-13-11-9-7-5-6-8-10-12-14-16-18-21(23)25-3/h19-20H,5-18H2,1-4H3. The SMILES string of the molecule is COC(=O)CCCCCCCCCCCCCCC(C(=O)OC)C(C)C. The molecule has 0 saturated carbocycles. The smallest absolute Gasteiger partial charge is 0.308 e. The number of rotatable bonds is 17. The van der Waals surface area contributed by atoms with E-state index in [2.05, 4.69) is 18.6 Å². The summed E-state index contributed by atoms with van der Waals surface area (Å²) in [6, 6.07) is 0. The minimum absolute atomic E-state index is 0.0507. The summed E-state index contributed by atoms with van der Waals surface area (Å²) in [4.78, 5) is 22.7. The van der Waals surface area contributed by atoms with Gasteiger partial charge in [0.1, 0.15) is 0 Å². The monoisotopic (exact) mass is 370 g/mol. The third-order valence-electron chi connectivity index (χ3n) is 5.18. The fraction of sp³-hybridized carbons (Fsp3) is 0.909. The fourth-order valence-electron chi connectivity index (χ4n) is 3.38. The van der Waals surface area contributed by atoms with Gasteiger partial charge in [-0.25, -0.2) is 0 Å². The second kappa shape index (κ2) is 17.4. The summed E-state index contributed by atoms with van der Waals surface area (Å²) in [7, 11) is 2.94. The Kier molecular flexibility index (Phi) is 16.7. The lowest BCUT2D eigenvalue weighted by molar-refractivity contribution is -0.147. The van der Waals surface area contributed by atoms with Crippen LogP contribution in [0.25, 0.3) is 0 Å². The van der Waals surface area contributed by atoms with Crippen molar-refractivity contribution in [2.75, 3.05) is 14.2 Å². The van der Waals surface area contributed by atoms with Gasteiger partial charge in [0.2, 0.25) is 0 Å². The highest BCUT2D eigenvalue weighted by Gasteiger charge is 2.21. The minimum atomic E-state index is -0.0879. The van der Waals surface area contributed by atoms with E-state index in [1.165, 1.54) is 72.0 Å². The maximum absolute atomic E-state index is 11.7. The Balaban J connectivity index is 3.33. The zero-order valence-electron chi connectivity index (χ0n) is 17.7. The van der Waals surface area contributed by atoms with E-state index in [9.17, 15) is 9.59 Å². The molecule has 0 aliphatic carbocycles. The van der Waals surface area contributed by atoms with Gasteiger partial charge in [0.05, 0.1) is 20.1 Å². The van der Waals surface area contributed by atoms with Crippen molar-refractivity contribution in [3.05, 3.63) is 0 Å². The maximum Gasteiger partial charge on any atom is 0.308 e. The maximum atomic E-state index is 11.7. The molecular weight excluding hydrogens is 328 g/mol. The molecule has 1 atom stereocenters. The molecule has 0 rings (SSSR count). The summed E-state index contributed by atoms with van der Waals surface area (Å²) in [5.41, 5.74) is 0. The van der Waals surface area contributed by atoms with Crippen molar-refractivity contribution in [1.29, 1.82) is 0 Å². The molecule has 0 aliphatic heterocycles. The topological polar surface area (TPSA) is 52.6 Å². The highest BCUT2D eigenvalue weighted by atomic mass is 16.5. The molecule has 0 aromatic carbocycles. The van der Waals surface area contributed by atoms with Crippen molar-refractivity contribution in [2.24, 2.45) is 11.8 Å². The van der Waals surface area contributed by atoms with Gasteiger partial charge < -0.3 is 9.47 Å². The first-order valence-corrected chi connectivity index (χ1v) is 10.7. The Morgan fingerprint density at radius 1 is 0.654 bits per heavy atom. The van der Waals surface area contributed by atoms with Gasteiger partial charge in [-0.05, 0) is 18.8 Å². The molecule has 4 nitrogen and oxygen atoms in total. The molecule has 0 aromatic heterocycles. The van der Waals surface area contributed by atoms with E-state index in [4.69, 9.17) is 4.74 Å². The van der Waals surface area contributed by atoms with Gasteiger partial charge in [-0.1, -0.05) is 84.5 Å². The Bertz CT molecular complexity index is 352. The first kappa shape index (κ1) is 24.9. The van der Waals surface area contributed by atoms with E-state index in [0.29, 0.717) is 12.3 Å². The summed E-state index contributed by atoms with van der Waals surface area (Å²) in [5, 5.41) is 0. The summed E-state index contributed by atoms with van der Waals surface area (Å²) in [6.45, 7) is 4.20. The molecule has 0 spiro atoms. The lowest BCUT2D eigenvalue weighted by Gasteiger charge is -2.17. The number of hydrogen-bond acceptors (Lipinski definition) is 4. The molecule has 0 saturated heterocycles. The Morgan fingerprint density at radius 3 is 1.46 bits per heavy atom. The lowest BCUT2D eigenvalue weighted by atomic mass is 9.90. The van der Waals surface area contributed by atoms with Crippen LogP contribution in [0.2, 0.25) is 0 Å². The first-order valence-electron chi connectivity index (χ1n) is 10.7. The quantitative estimate of drug-likeness (QED) is 0.230. The predicted molar refractivity (Wildman–Crippen MR) is 107 cm³/mol. The number of carbonyl (C=O) groups excluding carboxylic acids is 2. The van der Waals surface area contributed by atoms with E-state index >= 15 is 0 Å². The molecule has 0 bridgehead atoms. The van der Waals surface area contributed by atoms with Crippen LogP contribution in [0.1, 0.15) is 104 Å². The molecule has 0 N–H and O–H groups in total. The second-order valence-electron chi connectivity index (χ2n) is 7.73. The minimum Gasteiger partial charge on any atom is -0.469 e. The van der Waals surface area contributed by atoms with Gasteiger partial charge in [-0.3, -0.25) is 9.59 Å². The zero-order chi connectivity index (χ0) is 19.6. The first-order chi connectivity index (χ1) is 12.5. The van der Waals surface area contributed by atoms with Crippen LogP contribution >= 0.6 is 0 Å². The highest BCUT2D eigenvalue weighted by molar-refractivity contribution is 5.72. The molecule has 0 amide bonds. The molecule has 0 aromatic rings. The molecule has 26 heavy (non-hydrogen) atoms. The zero-order valence-corrected chi connectivity index (χ0v) is 17.7. The Labute approximate surface area is 161 Å². The highest BCUT2D eigenvalue weighted by Crippen LogP contribution is 2.21. The summed E-state index contributed by atoms with van der Waals surface area (Å²) < 4.78 is 9.53. The van der Waals surface area contributed by atoms with Crippen LogP contribution in [0, 0.1) is 11.8 Å². The van der Waals surface area contributed by atoms with Crippen molar-refractivity contribution in [3.8, 4) is 0 Å². The number of esters is 2. The fourth-order valence-corrected chi connectivity index (χ4v) is 3.38. The van der Waals surface area contributed by atoms with Crippen molar-refractivity contribution in [3.63, 3.8) is 0 Å². The van der Waals surface area contributed by atoms with Gasteiger partial charge in [0, 0.05) is 6.42 Å². The van der Waals surface area contributed by atoms with E-state index < -0.39 is 0 Å². The molecule has 154 valence electrons. The number of hydrogen-bond donors (Lipinski definition) is 0. The third-order valence-corrected chi connectivity index (χ3v) is 5.18. The summed E-state index contributed by atoms with van der Waals surface area (Å²) in [6.07, 6.45) is 16.4. The van der Waals surface area contributed by atoms with Gasteiger partial charge in [0.15, 0.2) is 0 Å². The Hall–Kier alpha value is -1.06. The molecule has 0 aliphatic rings. The number of unbranched alkanes of at least 4 members (excludes halogenated alkanes) is 11. The molecule has 0 heterocycles. The average molecular weight is 371 g/mol.